The maximum Gasteiger partial charge on any atom is 0.317 e. The number of hydrogen-bond acceptors (Lipinski definition) is 34. The molecule has 14 heterocycles. The predicted octanol–water partition coefficient (Wildman–Crippen LogP) is 0.312. The van der Waals surface area contributed by atoms with E-state index in [1.807, 2.05) is 37.8 Å². The minimum absolute atomic E-state index is 0.0888. The third-order valence-corrected chi connectivity index (χ3v) is 31.8. The first-order chi connectivity index (χ1) is 73.0. The maximum absolute atomic E-state index is 11.5. The fourth-order valence-corrected chi connectivity index (χ4v) is 23.4. The number of alkyl halides is 2. The zero-order chi connectivity index (χ0) is 104. The number of quaternary nitrogens is 2. The van der Waals surface area contributed by atoms with Gasteiger partial charge in [0.15, 0.2) is 0 Å². The van der Waals surface area contributed by atoms with Crippen LogP contribution in [-0.4, -0.2) is 592 Å². The average Bonchev–Trinajstić information content (AvgIpc) is 1.59. The van der Waals surface area contributed by atoms with E-state index >= 15 is 0 Å². The summed E-state index contributed by atoms with van der Waals surface area (Å²) in [5.41, 5.74) is 10.7. The minimum Gasteiger partial charge on any atom is -0.480 e. The van der Waals surface area contributed by atoms with E-state index in [0.717, 1.165) is 271 Å². The molecule has 0 saturated carbocycles. The molecule has 40 nitrogen and oxygen atoms in total. The molecule has 14 saturated heterocycles. The van der Waals surface area contributed by atoms with Gasteiger partial charge in [-0.3, -0.25) is 82.0 Å². The number of aliphatic carboxylic acids is 4. The molecule has 18 rings (SSSR count). The molecule has 11 N–H and O–H groups in total. The van der Waals surface area contributed by atoms with Crippen LogP contribution in [0.25, 0.3) is 0 Å². The first kappa shape index (κ1) is 120. The highest BCUT2D eigenvalue weighted by molar-refractivity contribution is 9.08. The number of carboxylic acid groups (broad SMARTS) is 4. The van der Waals surface area contributed by atoms with Gasteiger partial charge in [0.2, 0.25) is 12.6 Å². The first-order valence-corrected chi connectivity index (χ1v) is 57.8. The number of hydrogen-bond donors (Lipinski definition) is 11. The molecule has 0 atom stereocenters. The second-order valence-electron chi connectivity index (χ2n) is 41.4. The highest BCUT2D eigenvalue weighted by Gasteiger charge is 2.57. The summed E-state index contributed by atoms with van der Waals surface area (Å²) in [6.45, 7) is 62.6. The van der Waals surface area contributed by atoms with Crippen molar-refractivity contribution in [1.29, 1.82) is 0 Å². The van der Waals surface area contributed by atoms with Crippen molar-refractivity contribution < 1.29 is 86.5 Å². The molecule has 0 bridgehead atoms. The van der Waals surface area contributed by atoms with Crippen molar-refractivity contribution in [3.63, 3.8) is 0 Å². The molecule has 0 unspecified atom stereocenters. The largest absolute Gasteiger partial charge is 0.480 e. The van der Waals surface area contributed by atoms with Crippen LogP contribution in [-0.2, 0) is 107 Å². The Labute approximate surface area is 903 Å². The molecule has 0 radical (unpaired) electrons. The lowest BCUT2D eigenvalue weighted by Crippen LogP contribution is -2.57. The van der Waals surface area contributed by atoms with Gasteiger partial charge < -0.3 is 95.5 Å². The normalized spacial score (nSPS) is 26.0. The Morgan fingerprint density at radius 1 is 0.242 bits per heavy atom. The smallest absolute Gasteiger partial charge is 0.317 e. The summed E-state index contributed by atoms with van der Waals surface area (Å²) in [6, 6.07) is 35.5. The number of benzene rings is 4. The molecule has 42 heteroatoms. The summed E-state index contributed by atoms with van der Waals surface area (Å²) in [4.78, 5) is 81.3. The van der Waals surface area contributed by atoms with Crippen molar-refractivity contribution in [3.8, 4) is 0 Å². The zero-order valence-electron chi connectivity index (χ0n) is 89.3. The second-order valence-corrected chi connectivity index (χ2v) is 42.5. The molecule has 838 valence electrons. The van der Waals surface area contributed by atoms with Crippen LogP contribution in [0.1, 0.15) is 44.5 Å². The Bertz CT molecular complexity index is 4020. The van der Waals surface area contributed by atoms with Crippen LogP contribution in [0.3, 0.4) is 0 Å². The van der Waals surface area contributed by atoms with Gasteiger partial charge in [-0.2, -0.15) is 0 Å². The lowest BCUT2D eigenvalue weighted by atomic mass is 10.1. The molecule has 4 aromatic carbocycles. The van der Waals surface area contributed by atoms with Crippen LogP contribution in [0.15, 0.2) is 97.1 Å². The van der Waals surface area contributed by atoms with E-state index in [0.29, 0.717) is 137 Å². The lowest BCUT2D eigenvalue weighted by molar-refractivity contribution is -0.951. The van der Waals surface area contributed by atoms with E-state index in [1.165, 1.54) is 134 Å². The number of rotatable bonds is 22. The van der Waals surface area contributed by atoms with Gasteiger partial charge >= 0.3 is 23.9 Å². The fourth-order valence-electron chi connectivity index (χ4n) is 22.7. The van der Waals surface area contributed by atoms with Gasteiger partial charge in [-0.15, -0.1) is 0 Å². The van der Waals surface area contributed by atoms with Gasteiger partial charge in [-0.25, -0.2) is 19.6 Å². The lowest BCUT2D eigenvalue weighted by Gasteiger charge is -2.40. The first-order valence-electron chi connectivity index (χ1n) is 55.6. The molecule has 4 aromatic rings. The van der Waals surface area contributed by atoms with Crippen LogP contribution in [0.2, 0.25) is 0 Å². The van der Waals surface area contributed by atoms with Crippen LogP contribution in [0.5, 0.6) is 0 Å². The number of nitrogens with one attached hydrogen (secondary N) is 7. The van der Waals surface area contributed by atoms with E-state index in [2.05, 4.69) is 202 Å². The molecule has 0 spiro atoms. The Kier molecular flexibility index (Phi) is 55.7. The third kappa shape index (κ3) is 43.4. The molecule has 14 fully saturated rings. The molecule has 149 heavy (non-hydrogen) atoms. The number of halogens is 2. The highest BCUT2D eigenvalue weighted by Crippen LogP contribution is 2.38. The standard InChI is InChI=1S/C32H52N6O10.C26H42N6O2.C24H44N6O2.C9H17N3O.C8H8Br2.C8H19N3O/c39-29(40)23-35-8-4-33(5-9-36(24-30(41)42)13-17-47-16-12-35)21-27-2-1-3-28(20-27)22-34-6-10-37(25-31(43)44)14-18-48-19-15-38(11-7-34)26-32(45)46;1-2-23(21-31-12-4-27-8-16-33-17-9-28(5-13-31)25(27)31)20-24(3-1)22-32-14-6-29-10-18-34-19-11-30(7-15-32)26(29)32;1-2-23(21-29-12-4-25-8-16-31-17-9-26-5-13-29)20-24(3-1)22-30-14-6-27-10-18-32-19-11-28-7-15-30;1-3-11-5-7-13-8-6-12-4-2-10(1)9(11)12;9-5-7-2-1-3-8(4-7)6-10;1-3-10-5-7-12-8-6-11-4-2-9-1/h1-3,20H,4-19,21-26H2,(H,39,40)(H,41,42)(H,43,44)(H,45,46);1-3,20,25-26H,4-19,21-22H2;1-3,20,25-28H,4-19,21-22H2;9H,1-8H2;1-4H,5-6H2;9-11H,1-8H2/q;+2;;;;. The Morgan fingerprint density at radius 2 is 0.456 bits per heavy atom. The number of carboxylic acids is 4. The summed E-state index contributed by atoms with van der Waals surface area (Å²) >= 11 is 6.81. The van der Waals surface area contributed by atoms with E-state index in [4.69, 9.17) is 37.9 Å². The summed E-state index contributed by atoms with van der Waals surface area (Å²) < 4.78 is 47.5. The quantitative estimate of drug-likeness (QED) is 0.0373. The second kappa shape index (κ2) is 68.8. The maximum atomic E-state index is 11.5. The van der Waals surface area contributed by atoms with Gasteiger partial charge in [-0.05, 0) is 39.4 Å². The van der Waals surface area contributed by atoms with Gasteiger partial charge in [0.05, 0.1) is 184 Å². The highest BCUT2D eigenvalue weighted by atomic mass is 79.9. The van der Waals surface area contributed by atoms with Crippen molar-refractivity contribution in [2.24, 2.45) is 0 Å². The SMILES string of the molecule is BrCc1cccc(CBr)c1.C1CN2CCN3CCN(CCO1)C23.C1CNCCOCCNCCN1.O=C(O)CN1CCOCCN(CC(=O)O)CCN(Cc2cccc(CN3CCN(CC(=O)O)CCOCCN(CC(=O)O)CC3)c2)CC1.c1cc(CN2CCNCCOCCNCC2)cc(CN2CCNCCOCCNCC2)c1.c1cc(C[N+]23CCN4CCOCCN(CC2)C43)cc(C[N+]23CCN4CCOCCN(CC2)C43)c1. The van der Waals surface area contributed by atoms with E-state index in [-0.39, 0.29) is 26.2 Å². The number of ether oxygens (including phenoxy) is 8. The number of nitrogens with zero attached hydrogens (tertiary/aromatic N) is 17. The predicted molar refractivity (Wildman–Crippen MR) is 585 cm³/mol. The van der Waals surface area contributed by atoms with Gasteiger partial charge in [0.1, 0.15) is 19.4 Å². The molecule has 0 aromatic heterocycles. The van der Waals surface area contributed by atoms with Gasteiger partial charge in [0, 0.05) is 310 Å². The van der Waals surface area contributed by atoms with E-state index in [1.54, 1.807) is 0 Å². The summed E-state index contributed by atoms with van der Waals surface area (Å²) in [5.74, 6) is -3.61. The van der Waals surface area contributed by atoms with Crippen molar-refractivity contribution in [1.82, 2.24) is 111 Å². The summed E-state index contributed by atoms with van der Waals surface area (Å²) in [5, 5.41) is 63.4. The Balaban J connectivity index is 0.000000161. The monoisotopic (exact) mass is 2220 g/mol. The van der Waals surface area contributed by atoms with Crippen molar-refractivity contribution in [2.45, 2.75) is 68.8 Å². The van der Waals surface area contributed by atoms with Crippen LogP contribution in [0.4, 0.5) is 0 Å². The zero-order valence-corrected chi connectivity index (χ0v) is 92.4. The van der Waals surface area contributed by atoms with E-state index in [9.17, 15) is 39.6 Å². The van der Waals surface area contributed by atoms with Crippen LogP contribution >= 0.6 is 31.9 Å². The van der Waals surface area contributed by atoms with E-state index < -0.39 is 23.9 Å². The Morgan fingerprint density at radius 3 is 0.738 bits per heavy atom. The minimum atomic E-state index is -0.902. The molecule has 14 aliphatic rings. The van der Waals surface area contributed by atoms with Crippen molar-refractivity contribution in [3.05, 3.63) is 142 Å². The van der Waals surface area contributed by atoms with Crippen molar-refractivity contribution >= 4 is 55.7 Å². The van der Waals surface area contributed by atoms with Gasteiger partial charge in [0.25, 0.3) is 0 Å². The summed E-state index contributed by atoms with van der Waals surface area (Å²) in [7, 11) is 0. The van der Waals surface area contributed by atoms with Crippen molar-refractivity contribution in [2.75, 3.05) is 446 Å². The van der Waals surface area contributed by atoms with Gasteiger partial charge in [-0.1, -0.05) is 123 Å². The summed E-state index contributed by atoms with van der Waals surface area (Å²) in [6.07, 6.45) is 1.74. The average molecular weight is 2220 g/mol. The van der Waals surface area contributed by atoms with Crippen LogP contribution in [0, 0.1) is 0 Å². The van der Waals surface area contributed by atoms with Crippen LogP contribution < -0.4 is 37.2 Å². The molecular formula is C107H182Br2N24O16+2. The molecular weight excluding hydrogens is 2040 g/mol. The third-order valence-electron chi connectivity index (χ3n) is 30.5. The Hall–Kier alpha value is -5.56. The topological polar surface area (TPSA) is 356 Å². The molecule has 14 aliphatic heterocycles. The number of carbonyl (C=O) groups is 4. The molecule has 0 aliphatic carbocycles. The molecule has 0 amide bonds. The fraction of sp³-hybridized carbons (Fsp3) is 0.738.